The van der Waals surface area contributed by atoms with Gasteiger partial charge in [-0.1, -0.05) is 27.5 Å². The van der Waals surface area contributed by atoms with E-state index in [1.807, 2.05) is 12.1 Å². The lowest BCUT2D eigenvalue weighted by molar-refractivity contribution is 0.139. The minimum Gasteiger partial charge on any atom is -0.311 e. The summed E-state index contributed by atoms with van der Waals surface area (Å²) in [6.45, 7) is 7.52. The van der Waals surface area contributed by atoms with Crippen LogP contribution in [0.4, 0.5) is 0 Å². The molecule has 1 N–H and O–H groups in total. The van der Waals surface area contributed by atoms with E-state index in [1.54, 1.807) is 0 Å². The lowest BCUT2D eigenvalue weighted by atomic mass is 10.1. The van der Waals surface area contributed by atoms with Gasteiger partial charge in [0.1, 0.15) is 0 Å². The molecule has 0 aliphatic carbocycles. The highest BCUT2D eigenvalue weighted by Crippen LogP contribution is 2.23. The van der Waals surface area contributed by atoms with Crippen LogP contribution >= 0.6 is 27.5 Å². The van der Waals surface area contributed by atoms with Crippen LogP contribution in [0, 0.1) is 0 Å². The molecular weight excluding hydrogens is 300 g/mol. The predicted molar refractivity (Wildman–Crippen MR) is 76.5 cm³/mol. The van der Waals surface area contributed by atoms with Crippen LogP contribution in [0.25, 0.3) is 0 Å². The van der Waals surface area contributed by atoms with Gasteiger partial charge in [-0.25, -0.2) is 0 Å². The second kappa shape index (κ2) is 5.70. The highest BCUT2D eigenvalue weighted by atomic mass is 79.9. The van der Waals surface area contributed by atoms with E-state index in [9.17, 15) is 0 Å². The van der Waals surface area contributed by atoms with Gasteiger partial charge in [-0.3, -0.25) is 4.90 Å². The van der Waals surface area contributed by atoms with Crippen LogP contribution in [-0.2, 0) is 6.54 Å². The molecule has 2 atom stereocenters. The molecular formula is C13H18BrClN2. The number of piperazine rings is 1. The van der Waals surface area contributed by atoms with Gasteiger partial charge in [0, 0.05) is 41.2 Å². The number of hydrogen-bond acceptors (Lipinski definition) is 2. The molecule has 1 aromatic carbocycles. The normalized spacial score (nSPS) is 26.1. The summed E-state index contributed by atoms with van der Waals surface area (Å²) in [5.74, 6) is 0. The second-order valence-electron chi connectivity index (χ2n) is 4.82. The van der Waals surface area contributed by atoms with Gasteiger partial charge in [0.2, 0.25) is 0 Å². The molecule has 0 amide bonds. The summed E-state index contributed by atoms with van der Waals surface area (Å²) in [6, 6.07) is 7.16. The van der Waals surface area contributed by atoms with Crippen molar-refractivity contribution < 1.29 is 0 Å². The Morgan fingerprint density at radius 1 is 1.47 bits per heavy atom. The fourth-order valence-electron chi connectivity index (χ4n) is 2.20. The van der Waals surface area contributed by atoms with E-state index in [0.717, 1.165) is 29.1 Å². The van der Waals surface area contributed by atoms with Gasteiger partial charge in [0.15, 0.2) is 0 Å². The lowest BCUT2D eigenvalue weighted by Crippen LogP contribution is -2.53. The Kier molecular flexibility index (Phi) is 4.47. The van der Waals surface area contributed by atoms with Gasteiger partial charge in [-0.2, -0.15) is 0 Å². The Hall–Kier alpha value is -0.0900. The number of nitrogens with zero attached hydrogens (tertiary/aromatic N) is 1. The van der Waals surface area contributed by atoms with Crippen molar-refractivity contribution in [1.29, 1.82) is 0 Å². The summed E-state index contributed by atoms with van der Waals surface area (Å²) >= 11 is 9.74. The average Bonchev–Trinajstić information content (AvgIpc) is 2.28. The number of nitrogens with one attached hydrogen (secondary N) is 1. The molecule has 0 bridgehead atoms. The summed E-state index contributed by atoms with van der Waals surface area (Å²) in [7, 11) is 0. The van der Waals surface area contributed by atoms with Crippen molar-refractivity contribution >= 4 is 27.5 Å². The van der Waals surface area contributed by atoms with Crippen molar-refractivity contribution in [2.45, 2.75) is 32.5 Å². The largest absolute Gasteiger partial charge is 0.311 e. The molecule has 4 heteroatoms. The van der Waals surface area contributed by atoms with Gasteiger partial charge < -0.3 is 5.32 Å². The maximum Gasteiger partial charge on any atom is 0.0451 e. The van der Waals surface area contributed by atoms with Gasteiger partial charge in [-0.15, -0.1) is 0 Å². The van der Waals surface area contributed by atoms with Crippen molar-refractivity contribution in [1.82, 2.24) is 10.2 Å². The zero-order valence-electron chi connectivity index (χ0n) is 10.2. The Morgan fingerprint density at radius 3 is 3.00 bits per heavy atom. The smallest absolute Gasteiger partial charge is 0.0451 e. The number of benzene rings is 1. The molecule has 1 aromatic rings. The van der Waals surface area contributed by atoms with Crippen molar-refractivity contribution in [2.75, 3.05) is 13.1 Å². The third-order valence-electron chi connectivity index (χ3n) is 3.27. The fraction of sp³-hybridized carbons (Fsp3) is 0.538. The second-order valence-corrected chi connectivity index (χ2v) is 6.15. The van der Waals surface area contributed by atoms with Gasteiger partial charge in [-0.05, 0) is 37.6 Å². The monoisotopic (exact) mass is 316 g/mol. The van der Waals surface area contributed by atoms with Gasteiger partial charge >= 0.3 is 0 Å². The minimum atomic E-state index is 0.553. The molecule has 0 radical (unpaired) electrons. The summed E-state index contributed by atoms with van der Waals surface area (Å²) < 4.78 is 1.09. The molecule has 1 aliphatic rings. The van der Waals surface area contributed by atoms with Crippen LogP contribution in [0.1, 0.15) is 19.4 Å². The van der Waals surface area contributed by atoms with Crippen molar-refractivity contribution in [3.05, 3.63) is 33.3 Å². The van der Waals surface area contributed by atoms with Gasteiger partial charge in [0.25, 0.3) is 0 Å². The molecule has 17 heavy (non-hydrogen) atoms. The third kappa shape index (κ3) is 3.44. The van der Waals surface area contributed by atoms with Crippen LogP contribution in [-0.4, -0.2) is 30.1 Å². The van der Waals surface area contributed by atoms with E-state index in [2.05, 4.69) is 46.1 Å². The average molecular weight is 318 g/mol. The number of hydrogen-bond donors (Lipinski definition) is 1. The van der Waals surface area contributed by atoms with Crippen LogP contribution < -0.4 is 5.32 Å². The van der Waals surface area contributed by atoms with E-state index in [4.69, 9.17) is 11.6 Å². The Balaban J connectivity index is 2.11. The quantitative estimate of drug-likeness (QED) is 0.900. The zero-order valence-corrected chi connectivity index (χ0v) is 12.6. The first-order valence-electron chi connectivity index (χ1n) is 5.97. The molecule has 0 spiro atoms. The lowest BCUT2D eigenvalue weighted by Gasteiger charge is -2.37. The van der Waals surface area contributed by atoms with Crippen molar-refractivity contribution in [2.24, 2.45) is 0 Å². The fourth-order valence-corrected chi connectivity index (χ4v) is 2.79. The number of halogens is 2. The molecule has 0 aromatic heterocycles. The maximum atomic E-state index is 6.24. The molecule has 2 nitrogen and oxygen atoms in total. The molecule has 1 fully saturated rings. The molecule has 0 saturated carbocycles. The standard InChI is InChI=1S/C13H18BrClN2/c1-9-7-17(10(2)6-16-9)8-11-5-12(14)3-4-13(11)15/h3-5,9-10,16H,6-8H2,1-2H3. The first-order valence-corrected chi connectivity index (χ1v) is 7.14. The summed E-state index contributed by atoms with van der Waals surface area (Å²) in [5, 5.41) is 4.34. The summed E-state index contributed by atoms with van der Waals surface area (Å²) in [4.78, 5) is 2.48. The topological polar surface area (TPSA) is 15.3 Å². The van der Waals surface area contributed by atoms with Crippen molar-refractivity contribution in [3.8, 4) is 0 Å². The van der Waals surface area contributed by atoms with E-state index in [0.29, 0.717) is 12.1 Å². The van der Waals surface area contributed by atoms with E-state index >= 15 is 0 Å². The van der Waals surface area contributed by atoms with Crippen LogP contribution in [0.2, 0.25) is 5.02 Å². The predicted octanol–water partition coefficient (Wildman–Crippen LogP) is 3.28. The SMILES string of the molecule is CC1CN(Cc2cc(Br)ccc2Cl)C(C)CN1. The van der Waals surface area contributed by atoms with Crippen LogP contribution in [0.3, 0.4) is 0 Å². The Bertz CT molecular complexity index is 397. The van der Waals surface area contributed by atoms with Crippen LogP contribution in [0.5, 0.6) is 0 Å². The van der Waals surface area contributed by atoms with E-state index < -0.39 is 0 Å². The highest BCUT2D eigenvalue weighted by Gasteiger charge is 2.22. The first-order chi connectivity index (χ1) is 8.06. The molecule has 2 unspecified atom stereocenters. The molecule has 1 heterocycles. The third-order valence-corrected chi connectivity index (χ3v) is 4.14. The van der Waals surface area contributed by atoms with Crippen LogP contribution in [0.15, 0.2) is 22.7 Å². The minimum absolute atomic E-state index is 0.553. The van der Waals surface area contributed by atoms with Crippen molar-refractivity contribution in [3.63, 3.8) is 0 Å². The zero-order chi connectivity index (χ0) is 12.4. The maximum absolute atomic E-state index is 6.24. The molecule has 1 saturated heterocycles. The Morgan fingerprint density at radius 2 is 2.24 bits per heavy atom. The first kappa shape index (κ1) is 13.3. The van der Waals surface area contributed by atoms with Gasteiger partial charge in [0.05, 0.1) is 0 Å². The highest BCUT2D eigenvalue weighted by molar-refractivity contribution is 9.10. The Labute approximate surface area is 116 Å². The molecule has 1 aliphatic heterocycles. The number of rotatable bonds is 2. The summed E-state index contributed by atoms with van der Waals surface area (Å²) in [5.41, 5.74) is 1.20. The summed E-state index contributed by atoms with van der Waals surface area (Å²) in [6.07, 6.45) is 0. The molecule has 2 rings (SSSR count). The van der Waals surface area contributed by atoms with E-state index in [1.165, 1.54) is 5.56 Å². The van der Waals surface area contributed by atoms with E-state index in [-0.39, 0.29) is 0 Å². The molecule has 94 valence electrons.